The molecular formula is C11H15F3N2O2S. The van der Waals surface area contributed by atoms with E-state index < -0.39 is 22.6 Å². The van der Waals surface area contributed by atoms with E-state index in [-0.39, 0.29) is 17.9 Å². The minimum atomic E-state index is -4.27. The third-order valence-electron chi connectivity index (χ3n) is 2.40. The molecule has 0 atom stereocenters. The van der Waals surface area contributed by atoms with Gasteiger partial charge in [-0.3, -0.25) is 0 Å². The summed E-state index contributed by atoms with van der Waals surface area (Å²) in [6.45, 7) is 0.0415. The lowest BCUT2D eigenvalue weighted by molar-refractivity contribution is -0.135. The quantitative estimate of drug-likeness (QED) is 0.786. The fraction of sp³-hybridized carbons (Fsp3) is 0.455. The van der Waals surface area contributed by atoms with Gasteiger partial charge in [-0.25, -0.2) is 13.1 Å². The van der Waals surface area contributed by atoms with E-state index in [0.717, 1.165) is 5.56 Å². The van der Waals surface area contributed by atoms with E-state index in [1.165, 1.54) is 12.1 Å². The zero-order chi connectivity index (χ0) is 14.5. The Balaban J connectivity index is 2.56. The molecule has 0 spiro atoms. The molecule has 1 rings (SSSR count). The van der Waals surface area contributed by atoms with Crippen LogP contribution in [0.1, 0.15) is 18.4 Å². The topological polar surface area (TPSA) is 72.2 Å². The zero-order valence-corrected chi connectivity index (χ0v) is 10.9. The first kappa shape index (κ1) is 15.9. The smallest absolute Gasteiger partial charge is 0.326 e. The first-order valence-corrected chi connectivity index (χ1v) is 7.08. The molecule has 0 aliphatic carbocycles. The minimum Gasteiger partial charge on any atom is -0.326 e. The molecule has 8 heteroatoms. The summed E-state index contributed by atoms with van der Waals surface area (Å²) in [5.41, 5.74) is 6.15. The molecule has 4 nitrogen and oxygen atoms in total. The van der Waals surface area contributed by atoms with Gasteiger partial charge < -0.3 is 5.73 Å². The standard InChI is InChI=1S/C11H15F3N2O2S/c12-11(13,14)6-1-7-16-19(17,18)10-4-2-9(8-15)3-5-10/h2-5,16H,1,6-8,15H2. The monoisotopic (exact) mass is 296 g/mol. The molecule has 0 saturated carbocycles. The molecule has 19 heavy (non-hydrogen) atoms. The number of nitrogens with one attached hydrogen (secondary N) is 1. The maximum absolute atomic E-state index is 11.9. The van der Waals surface area contributed by atoms with E-state index in [4.69, 9.17) is 5.73 Å². The van der Waals surface area contributed by atoms with Gasteiger partial charge in [-0.1, -0.05) is 12.1 Å². The van der Waals surface area contributed by atoms with Crippen molar-refractivity contribution in [1.82, 2.24) is 4.72 Å². The van der Waals surface area contributed by atoms with Crippen molar-refractivity contribution < 1.29 is 21.6 Å². The normalized spacial score (nSPS) is 12.6. The van der Waals surface area contributed by atoms with Crippen LogP contribution in [-0.4, -0.2) is 21.1 Å². The molecule has 0 unspecified atom stereocenters. The number of benzene rings is 1. The van der Waals surface area contributed by atoms with Crippen LogP contribution >= 0.6 is 0 Å². The lowest BCUT2D eigenvalue weighted by Crippen LogP contribution is -2.25. The lowest BCUT2D eigenvalue weighted by Gasteiger charge is -2.08. The van der Waals surface area contributed by atoms with Gasteiger partial charge in [-0.15, -0.1) is 0 Å². The summed E-state index contributed by atoms with van der Waals surface area (Å²) in [5.74, 6) is 0. The molecular weight excluding hydrogens is 281 g/mol. The van der Waals surface area contributed by atoms with Crippen LogP contribution in [0.25, 0.3) is 0 Å². The Bertz CT molecular complexity index is 498. The van der Waals surface area contributed by atoms with Crippen molar-refractivity contribution in [3.63, 3.8) is 0 Å². The fourth-order valence-electron chi connectivity index (χ4n) is 1.38. The first-order chi connectivity index (χ1) is 8.74. The molecule has 1 aromatic rings. The summed E-state index contributed by atoms with van der Waals surface area (Å²) < 4.78 is 61.3. The van der Waals surface area contributed by atoms with Gasteiger partial charge in [0.15, 0.2) is 0 Å². The van der Waals surface area contributed by atoms with Crippen molar-refractivity contribution in [2.75, 3.05) is 6.54 Å². The number of alkyl halides is 3. The van der Waals surface area contributed by atoms with Crippen molar-refractivity contribution >= 4 is 10.0 Å². The second-order valence-electron chi connectivity index (χ2n) is 3.96. The summed E-state index contributed by atoms with van der Waals surface area (Å²) in [4.78, 5) is 0.0108. The maximum atomic E-state index is 11.9. The largest absolute Gasteiger partial charge is 0.389 e. The number of hydrogen-bond donors (Lipinski definition) is 2. The van der Waals surface area contributed by atoms with Crippen molar-refractivity contribution in [2.24, 2.45) is 5.73 Å². The number of rotatable bonds is 6. The summed E-state index contributed by atoms with van der Waals surface area (Å²) in [6.07, 6.45) is -5.57. The molecule has 0 aliphatic rings. The van der Waals surface area contributed by atoms with Gasteiger partial charge in [-0.05, 0) is 24.1 Å². The highest BCUT2D eigenvalue weighted by atomic mass is 32.2. The summed E-state index contributed by atoms with van der Waals surface area (Å²) >= 11 is 0. The summed E-state index contributed by atoms with van der Waals surface area (Å²) in [5, 5.41) is 0. The Morgan fingerprint density at radius 1 is 1.16 bits per heavy atom. The molecule has 108 valence electrons. The predicted octanol–water partition coefficient (Wildman–Crippen LogP) is 1.77. The molecule has 0 aliphatic heterocycles. The van der Waals surface area contributed by atoms with Gasteiger partial charge >= 0.3 is 6.18 Å². The zero-order valence-electron chi connectivity index (χ0n) is 10.1. The Kier molecular flexibility index (Phi) is 5.33. The first-order valence-electron chi connectivity index (χ1n) is 5.60. The molecule has 0 amide bonds. The lowest BCUT2D eigenvalue weighted by atomic mass is 10.2. The van der Waals surface area contributed by atoms with Crippen LogP contribution in [-0.2, 0) is 16.6 Å². The molecule has 3 N–H and O–H groups in total. The van der Waals surface area contributed by atoms with E-state index in [0.29, 0.717) is 6.54 Å². The average Bonchev–Trinajstić information content (AvgIpc) is 2.34. The van der Waals surface area contributed by atoms with E-state index in [2.05, 4.69) is 4.72 Å². The number of halogens is 3. The fourth-order valence-corrected chi connectivity index (χ4v) is 2.46. The van der Waals surface area contributed by atoms with Crippen LogP contribution in [0.15, 0.2) is 29.2 Å². The highest BCUT2D eigenvalue weighted by Gasteiger charge is 2.26. The SMILES string of the molecule is NCc1ccc(S(=O)(=O)NCCCC(F)(F)F)cc1. The third kappa shape index (κ3) is 5.58. The van der Waals surface area contributed by atoms with Crippen LogP contribution in [0.3, 0.4) is 0 Å². The van der Waals surface area contributed by atoms with Crippen molar-refractivity contribution in [3.8, 4) is 0 Å². The number of sulfonamides is 1. The van der Waals surface area contributed by atoms with Gasteiger partial charge in [-0.2, -0.15) is 13.2 Å². The Labute approximate surface area is 109 Å². The second-order valence-corrected chi connectivity index (χ2v) is 5.73. The molecule has 1 aromatic carbocycles. The van der Waals surface area contributed by atoms with Crippen LogP contribution in [0.2, 0.25) is 0 Å². The van der Waals surface area contributed by atoms with Gasteiger partial charge in [0.25, 0.3) is 0 Å². The third-order valence-corrected chi connectivity index (χ3v) is 3.88. The average molecular weight is 296 g/mol. The molecule has 0 radical (unpaired) electrons. The highest BCUT2D eigenvalue weighted by Crippen LogP contribution is 2.21. The molecule has 0 saturated heterocycles. The minimum absolute atomic E-state index is 0.0108. The van der Waals surface area contributed by atoms with Crippen molar-refractivity contribution in [3.05, 3.63) is 29.8 Å². The van der Waals surface area contributed by atoms with Gasteiger partial charge in [0.1, 0.15) is 0 Å². The number of nitrogens with two attached hydrogens (primary N) is 1. The van der Waals surface area contributed by atoms with Gasteiger partial charge in [0.2, 0.25) is 10.0 Å². The van der Waals surface area contributed by atoms with Crippen LogP contribution in [0.5, 0.6) is 0 Å². The molecule has 0 aromatic heterocycles. The number of hydrogen-bond acceptors (Lipinski definition) is 3. The molecule has 0 fully saturated rings. The predicted molar refractivity (Wildman–Crippen MR) is 64.8 cm³/mol. The van der Waals surface area contributed by atoms with E-state index in [1.54, 1.807) is 12.1 Å². The van der Waals surface area contributed by atoms with Crippen LogP contribution < -0.4 is 10.5 Å². The second kappa shape index (κ2) is 6.36. The van der Waals surface area contributed by atoms with Crippen molar-refractivity contribution in [2.45, 2.75) is 30.5 Å². The van der Waals surface area contributed by atoms with Gasteiger partial charge in [0.05, 0.1) is 4.90 Å². The summed E-state index contributed by atoms with van der Waals surface area (Å²) in [6, 6.07) is 5.86. The van der Waals surface area contributed by atoms with Crippen LogP contribution in [0.4, 0.5) is 13.2 Å². The van der Waals surface area contributed by atoms with Crippen molar-refractivity contribution in [1.29, 1.82) is 0 Å². The summed E-state index contributed by atoms with van der Waals surface area (Å²) in [7, 11) is -3.76. The molecule has 0 heterocycles. The van der Waals surface area contributed by atoms with Crippen LogP contribution in [0, 0.1) is 0 Å². The maximum Gasteiger partial charge on any atom is 0.389 e. The van der Waals surface area contributed by atoms with E-state index in [9.17, 15) is 21.6 Å². The van der Waals surface area contributed by atoms with E-state index in [1.807, 2.05) is 0 Å². The highest BCUT2D eigenvalue weighted by molar-refractivity contribution is 7.89. The Morgan fingerprint density at radius 2 is 1.74 bits per heavy atom. The molecule has 0 bridgehead atoms. The Hall–Kier alpha value is -1.12. The Morgan fingerprint density at radius 3 is 2.21 bits per heavy atom. The van der Waals surface area contributed by atoms with Gasteiger partial charge in [0, 0.05) is 19.5 Å². The van der Waals surface area contributed by atoms with E-state index >= 15 is 0 Å².